The Bertz CT molecular complexity index is 387. The van der Waals surface area contributed by atoms with Crippen LogP contribution in [0.5, 0.6) is 0 Å². The predicted octanol–water partition coefficient (Wildman–Crippen LogP) is 2.23. The molecule has 0 fully saturated rings. The molecule has 54 valence electrons. The molecule has 0 N–H and O–H groups in total. The lowest BCUT2D eigenvalue weighted by molar-refractivity contribution is 1.32. The summed E-state index contributed by atoms with van der Waals surface area (Å²) >= 11 is 2.24. The number of halogens is 1. The normalized spacial score (nSPS) is 10.3. The molecule has 0 atom stereocenters. The van der Waals surface area contributed by atoms with Crippen molar-refractivity contribution in [2.75, 3.05) is 0 Å². The molecule has 2 nitrogen and oxygen atoms in total. The summed E-state index contributed by atoms with van der Waals surface area (Å²) in [7, 11) is 0. The van der Waals surface area contributed by atoms with Gasteiger partial charge >= 0.3 is 0 Å². The molecule has 0 aliphatic rings. The number of fused-ring (bicyclic) bond motifs is 1. The molecule has 11 heavy (non-hydrogen) atoms. The monoisotopic (exact) mass is 256 g/mol. The van der Waals surface area contributed by atoms with E-state index < -0.39 is 0 Å². The van der Waals surface area contributed by atoms with E-state index in [1.165, 1.54) is 0 Å². The maximum atomic E-state index is 4.23. The van der Waals surface area contributed by atoms with Crippen molar-refractivity contribution in [3.63, 3.8) is 0 Å². The summed E-state index contributed by atoms with van der Waals surface area (Å²) in [6, 6.07) is 3.97. The van der Waals surface area contributed by atoms with Crippen LogP contribution in [0.4, 0.5) is 0 Å². The maximum absolute atomic E-state index is 4.23. The van der Waals surface area contributed by atoms with Crippen molar-refractivity contribution < 1.29 is 0 Å². The largest absolute Gasteiger partial charge is 0.264 e. The number of hydrogen-bond donors (Lipinski definition) is 0. The van der Waals surface area contributed by atoms with Crippen LogP contribution in [0.15, 0.2) is 30.7 Å². The van der Waals surface area contributed by atoms with Crippen LogP contribution in [0.2, 0.25) is 0 Å². The predicted molar refractivity (Wildman–Crippen MR) is 52.3 cm³/mol. The number of aromatic nitrogens is 2. The molecule has 0 aliphatic carbocycles. The van der Waals surface area contributed by atoms with Gasteiger partial charge in [-0.15, -0.1) is 0 Å². The van der Waals surface area contributed by atoms with Gasteiger partial charge in [-0.1, -0.05) is 0 Å². The molecule has 0 saturated carbocycles. The van der Waals surface area contributed by atoms with Gasteiger partial charge in [-0.05, 0) is 34.7 Å². The molecule has 0 radical (unpaired) electrons. The van der Waals surface area contributed by atoms with Crippen molar-refractivity contribution in [2.45, 2.75) is 0 Å². The summed E-state index contributed by atoms with van der Waals surface area (Å²) in [5, 5.41) is 1.10. The summed E-state index contributed by atoms with van der Waals surface area (Å²) in [5.41, 5.74) is 1.00. The fourth-order valence-electron chi connectivity index (χ4n) is 0.945. The highest BCUT2D eigenvalue weighted by Crippen LogP contribution is 2.12. The standard InChI is InChI=1S/C8H5IN2/c9-7-3-6-4-10-2-1-8(6)11-5-7/h1-5H. The SMILES string of the molecule is Ic1cnc2ccncc2c1. The Morgan fingerprint density at radius 2 is 2.18 bits per heavy atom. The van der Waals surface area contributed by atoms with Crippen molar-refractivity contribution in [1.29, 1.82) is 0 Å². The average Bonchev–Trinajstić information content (AvgIpc) is 2.04. The van der Waals surface area contributed by atoms with Crippen LogP contribution < -0.4 is 0 Å². The van der Waals surface area contributed by atoms with Crippen molar-refractivity contribution in [1.82, 2.24) is 9.97 Å². The lowest BCUT2D eigenvalue weighted by atomic mass is 10.3. The Hall–Kier alpha value is -0.710. The minimum Gasteiger partial charge on any atom is -0.264 e. The molecule has 0 bridgehead atoms. The Morgan fingerprint density at radius 1 is 1.27 bits per heavy atom. The van der Waals surface area contributed by atoms with E-state index in [-0.39, 0.29) is 0 Å². The van der Waals surface area contributed by atoms with Gasteiger partial charge in [-0.25, -0.2) is 0 Å². The van der Waals surface area contributed by atoms with E-state index in [4.69, 9.17) is 0 Å². The lowest BCUT2D eigenvalue weighted by Gasteiger charge is -1.94. The highest BCUT2D eigenvalue weighted by molar-refractivity contribution is 14.1. The van der Waals surface area contributed by atoms with Crippen LogP contribution in [0.25, 0.3) is 10.9 Å². The maximum Gasteiger partial charge on any atom is 0.0733 e. The number of nitrogens with zero attached hydrogens (tertiary/aromatic N) is 2. The Kier molecular flexibility index (Phi) is 1.73. The van der Waals surface area contributed by atoms with Crippen LogP contribution in [-0.4, -0.2) is 9.97 Å². The Balaban J connectivity index is 2.83. The van der Waals surface area contributed by atoms with E-state index in [1.807, 2.05) is 18.5 Å². The van der Waals surface area contributed by atoms with Crippen LogP contribution in [0, 0.1) is 3.57 Å². The molecule has 0 aromatic carbocycles. The van der Waals surface area contributed by atoms with E-state index in [2.05, 4.69) is 38.6 Å². The van der Waals surface area contributed by atoms with Gasteiger partial charge in [0.15, 0.2) is 0 Å². The molecule has 2 heterocycles. The molecule has 3 heteroatoms. The third-order valence-corrected chi connectivity index (χ3v) is 2.04. The van der Waals surface area contributed by atoms with Gasteiger partial charge in [-0.2, -0.15) is 0 Å². The van der Waals surface area contributed by atoms with Crippen molar-refractivity contribution in [3.8, 4) is 0 Å². The lowest BCUT2D eigenvalue weighted by Crippen LogP contribution is -1.80. The molecular formula is C8H5IN2. The first-order valence-corrected chi connectivity index (χ1v) is 4.29. The summed E-state index contributed by atoms with van der Waals surface area (Å²) in [6.45, 7) is 0. The van der Waals surface area contributed by atoms with Gasteiger partial charge in [0.2, 0.25) is 0 Å². The summed E-state index contributed by atoms with van der Waals surface area (Å²) in [6.07, 6.45) is 5.43. The second kappa shape index (κ2) is 2.73. The molecule has 0 unspecified atom stereocenters. The van der Waals surface area contributed by atoms with Gasteiger partial charge in [0, 0.05) is 27.5 Å². The second-order valence-corrected chi connectivity index (χ2v) is 3.47. The first-order valence-electron chi connectivity index (χ1n) is 3.21. The average molecular weight is 256 g/mol. The summed E-state index contributed by atoms with van der Waals surface area (Å²) < 4.78 is 1.14. The first kappa shape index (κ1) is 6.97. The fraction of sp³-hybridized carbons (Fsp3) is 0. The molecule has 0 amide bonds. The molecule has 0 aliphatic heterocycles. The van der Waals surface area contributed by atoms with Gasteiger partial charge < -0.3 is 0 Å². The zero-order chi connectivity index (χ0) is 7.68. The molecule has 0 saturated heterocycles. The van der Waals surface area contributed by atoms with Gasteiger partial charge in [0.25, 0.3) is 0 Å². The van der Waals surface area contributed by atoms with Gasteiger partial charge in [0.1, 0.15) is 0 Å². The zero-order valence-corrected chi connectivity index (χ0v) is 7.82. The van der Waals surface area contributed by atoms with E-state index in [0.717, 1.165) is 14.5 Å². The third-order valence-electron chi connectivity index (χ3n) is 1.45. The van der Waals surface area contributed by atoms with E-state index >= 15 is 0 Å². The minimum absolute atomic E-state index is 1.00. The number of rotatable bonds is 0. The fourth-order valence-corrected chi connectivity index (χ4v) is 1.42. The topological polar surface area (TPSA) is 25.8 Å². The Labute approximate surface area is 77.8 Å². The smallest absolute Gasteiger partial charge is 0.0733 e. The van der Waals surface area contributed by atoms with Gasteiger partial charge in [0.05, 0.1) is 5.52 Å². The second-order valence-electron chi connectivity index (χ2n) is 2.22. The van der Waals surface area contributed by atoms with E-state index in [9.17, 15) is 0 Å². The quantitative estimate of drug-likeness (QED) is 0.675. The van der Waals surface area contributed by atoms with Gasteiger partial charge in [-0.3, -0.25) is 9.97 Å². The zero-order valence-electron chi connectivity index (χ0n) is 5.66. The minimum atomic E-state index is 1.00. The van der Waals surface area contributed by atoms with Crippen LogP contribution in [0.1, 0.15) is 0 Å². The highest BCUT2D eigenvalue weighted by atomic mass is 127. The van der Waals surface area contributed by atoms with E-state index in [0.29, 0.717) is 0 Å². The molecule has 2 rings (SSSR count). The summed E-state index contributed by atoms with van der Waals surface area (Å²) in [5.74, 6) is 0. The summed E-state index contributed by atoms with van der Waals surface area (Å²) in [4.78, 5) is 8.24. The molecule has 2 aromatic rings. The first-order chi connectivity index (χ1) is 5.36. The number of pyridine rings is 2. The Morgan fingerprint density at radius 3 is 3.09 bits per heavy atom. The van der Waals surface area contributed by atoms with Crippen LogP contribution in [-0.2, 0) is 0 Å². The van der Waals surface area contributed by atoms with Crippen molar-refractivity contribution >= 4 is 33.5 Å². The highest BCUT2D eigenvalue weighted by Gasteiger charge is 1.92. The molecule has 2 aromatic heterocycles. The number of hydrogen-bond acceptors (Lipinski definition) is 2. The van der Waals surface area contributed by atoms with Crippen LogP contribution in [0.3, 0.4) is 0 Å². The molecule has 0 spiro atoms. The van der Waals surface area contributed by atoms with Crippen molar-refractivity contribution in [2.24, 2.45) is 0 Å². The van der Waals surface area contributed by atoms with E-state index in [1.54, 1.807) is 6.20 Å². The van der Waals surface area contributed by atoms with Crippen molar-refractivity contribution in [3.05, 3.63) is 34.3 Å². The third kappa shape index (κ3) is 1.33. The van der Waals surface area contributed by atoms with Crippen LogP contribution >= 0.6 is 22.6 Å². The molecular weight excluding hydrogens is 251 g/mol.